The van der Waals surface area contributed by atoms with Gasteiger partial charge in [0.1, 0.15) is 23.2 Å². The smallest absolute Gasteiger partial charge is 0.158 e. The van der Waals surface area contributed by atoms with Crippen LogP contribution in [0.3, 0.4) is 0 Å². The van der Waals surface area contributed by atoms with Crippen molar-refractivity contribution in [3.63, 3.8) is 0 Å². The summed E-state index contributed by atoms with van der Waals surface area (Å²) in [5, 5.41) is 14.7. The van der Waals surface area contributed by atoms with Crippen molar-refractivity contribution < 1.29 is 5.11 Å². The molecule has 1 N–H and O–H groups in total. The molecule has 0 heterocycles. The Morgan fingerprint density at radius 3 is 1.68 bits per heavy atom. The van der Waals surface area contributed by atoms with Crippen LogP contribution in [0, 0.1) is 0 Å². The first-order chi connectivity index (χ1) is 13.8. The molecular weight excluding hydrogens is 359 g/mol. The molecule has 1 nitrogen and oxygen atoms in total. The van der Waals surface area contributed by atoms with Crippen LogP contribution >= 0.6 is 7.26 Å². The highest BCUT2D eigenvalue weighted by Crippen LogP contribution is 2.57. The number of rotatable bonds is 10. The second-order valence-corrected chi connectivity index (χ2v) is 11.0. The summed E-state index contributed by atoms with van der Waals surface area (Å²) in [6.07, 6.45) is 8.79. The summed E-state index contributed by atoms with van der Waals surface area (Å²) in [6.45, 7) is 2.26. The summed E-state index contributed by atoms with van der Waals surface area (Å²) in [5.41, 5.74) is 0. The summed E-state index contributed by atoms with van der Waals surface area (Å²) in [4.78, 5) is 0. The van der Waals surface area contributed by atoms with E-state index in [1.54, 1.807) is 0 Å². The maximum Gasteiger partial charge on any atom is 0.158 e. The van der Waals surface area contributed by atoms with Crippen molar-refractivity contribution in [3.05, 3.63) is 84.9 Å². The first-order valence-corrected chi connectivity index (χ1v) is 12.5. The molecule has 3 aromatic carbocycles. The van der Waals surface area contributed by atoms with Crippen molar-refractivity contribution in [2.45, 2.75) is 45.4 Å². The molecule has 0 unspecified atom stereocenters. The quantitative estimate of drug-likeness (QED) is 0.330. The van der Waals surface area contributed by atoms with E-state index in [9.17, 15) is 5.11 Å². The number of phenolic OH excluding ortho intramolecular Hbond substituents is 1. The van der Waals surface area contributed by atoms with Crippen LogP contribution in [0.15, 0.2) is 84.9 Å². The predicted octanol–water partition coefficient (Wildman–Crippen LogP) is 6.05. The molecule has 146 valence electrons. The molecule has 0 aromatic heterocycles. The number of hydrogen-bond donors (Lipinski definition) is 1. The fourth-order valence-electron chi connectivity index (χ4n) is 4.09. The summed E-state index contributed by atoms with van der Waals surface area (Å²) < 4.78 is 0. The van der Waals surface area contributed by atoms with Crippen LogP contribution in [-0.4, -0.2) is 11.3 Å². The number of benzene rings is 3. The monoisotopic (exact) mass is 391 g/mol. The van der Waals surface area contributed by atoms with Crippen LogP contribution in [-0.2, 0) is 0 Å². The van der Waals surface area contributed by atoms with Crippen molar-refractivity contribution in [2.75, 3.05) is 6.16 Å². The highest BCUT2D eigenvalue weighted by Gasteiger charge is 2.46. The van der Waals surface area contributed by atoms with Crippen molar-refractivity contribution in [1.29, 1.82) is 0 Å². The van der Waals surface area contributed by atoms with E-state index in [0.29, 0.717) is 5.75 Å². The van der Waals surface area contributed by atoms with Gasteiger partial charge in [0.15, 0.2) is 5.75 Å². The van der Waals surface area contributed by atoms with Crippen LogP contribution in [0.25, 0.3) is 0 Å². The third-order valence-electron chi connectivity index (χ3n) is 5.53. The standard InChI is InChI=1S/C26H31OP/c1-2-3-4-5-6-15-22-28(23-16-9-7-10-17-23,24-18-11-8-12-19-24)26-21-14-13-20-25(26)27/h7-14,16-21H,2-6,15,22H2,1H3/p+1. The van der Waals surface area contributed by atoms with Gasteiger partial charge in [-0.1, -0.05) is 81.1 Å². The van der Waals surface area contributed by atoms with Crippen LogP contribution in [0.2, 0.25) is 0 Å². The molecule has 0 saturated carbocycles. The van der Waals surface area contributed by atoms with Gasteiger partial charge in [-0.3, -0.25) is 0 Å². The molecule has 0 saturated heterocycles. The van der Waals surface area contributed by atoms with Gasteiger partial charge < -0.3 is 5.11 Å². The summed E-state index contributed by atoms with van der Waals surface area (Å²) in [6, 6.07) is 29.7. The lowest BCUT2D eigenvalue weighted by molar-refractivity contribution is 0.479. The highest BCUT2D eigenvalue weighted by molar-refractivity contribution is 7.95. The van der Waals surface area contributed by atoms with Crippen LogP contribution in [0.5, 0.6) is 5.75 Å². The number of para-hydroxylation sites is 1. The lowest BCUT2D eigenvalue weighted by Crippen LogP contribution is -2.33. The lowest BCUT2D eigenvalue weighted by Gasteiger charge is -2.28. The topological polar surface area (TPSA) is 20.2 Å². The third-order valence-corrected chi connectivity index (χ3v) is 10.1. The van der Waals surface area contributed by atoms with Crippen LogP contribution in [0.4, 0.5) is 0 Å². The second-order valence-electron chi connectivity index (χ2n) is 7.46. The summed E-state index contributed by atoms with van der Waals surface area (Å²) in [5.74, 6) is 0.425. The number of aromatic hydroxyl groups is 1. The van der Waals surface area contributed by atoms with Gasteiger partial charge in [-0.15, -0.1) is 0 Å². The highest BCUT2D eigenvalue weighted by atomic mass is 31.2. The van der Waals surface area contributed by atoms with E-state index in [-0.39, 0.29) is 0 Å². The normalized spacial score (nSPS) is 11.5. The molecule has 3 aromatic rings. The molecule has 0 radical (unpaired) electrons. The molecule has 28 heavy (non-hydrogen) atoms. The van der Waals surface area contributed by atoms with Crippen LogP contribution in [0.1, 0.15) is 45.4 Å². The van der Waals surface area contributed by atoms with E-state index in [2.05, 4.69) is 79.7 Å². The van der Waals surface area contributed by atoms with Gasteiger partial charge >= 0.3 is 0 Å². The Morgan fingerprint density at radius 2 is 1.11 bits per heavy atom. The van der Waals surface area contributed by atoms with Gasteiger partial charge in [-0.2, -0.15) is 0 Å². The van der Waals surface area contributed by atoms with E-state index >= 15 is 0 Å². The molecule has 0 fully saturated rings. The Morgan fingerprint density at radius 1 is 0.607 bits per heavy atom. The SMILES string of the molecule is CCCCCCCC[P+](c1ccccc1)(c1ccccc1)c1ccccc1O. The maximum atomic E-state index is 10.9. The molecule has 0 aliphatic carbocycles. The molecule has 0 atom stereocenters. The lowest BCUT2D eigenvalue weighted by atomic mass is 10.1. The number of phenols is 1. The Kier molecular flexibility index (Phi) is 7.69. The molecule has 0 spiro atoms. The molecule has 3 rings (SSSR count). The Labute approximate surface area is 170 Å². The van der Waals surface area contributed by atoms with Gasteiger partial charge in [0.25, 0.3) is 0 Å². The molecule has 0 aliphatic rings. The predicted molar refractivity (Wildman–Crippen MR) is 125 cm³/mol. The van der Waals surface area contributed by atoms with Crippen LogP contribution < -0.4 is 15.9 Å². The minimum absolute atomic E-state index is 0.425. The first kappa shape index (κ1) is 20.6. The second kappa shape index (κ2) is 10.4. The largest absolute Gasteiger partial charge is 0.504 e. The summed E-state index contributed by atoms with van der Waals surface area (Å²) in [7, 11) is -1.90. The zero-order valence-corrected chi connectivity index (χ0v) is 17.8. The molecular formula is C26H32OP+. The average molecular weight is 392 g/mol. The van der Waals surface area contributed by atoms with Gasteiger partial charge in [-0.05, 0) is 49.2 Å². The Bertz CT molecular complexity index is 790. The third kappa shape index (κ3) is 4.65. The zero-order valence-electron chi connectivity index (χ0n) is 16.9. The fraction of sp³-hybridized carbons (Fsp3) is 0.308. The zero-order chi connectivity index (χ0) is 19.7. The first-order valence-electron chi connectivity index (χ1n) is 10.6. The van der Waals surface area contributed by atoms with Gasteiger partial charge in [-0.25, -0.2) is 0 Å². The van der Waals surface area contributed by atoms with E-state index in [1.807, 2.05) is 12.1 Å². The maximum absolute atomic E-state index is 10.9. The average Bonchev–Trinajstić information content (AvgIpc) is 2.75. The van der Waals surface area contributed by atoms with Gasteiger partial charge in [0.2, 0.25) is 0 Å². The Hall–Kier alpha value is -2.11. The van der Waals surface area contributed by atoms with Gasteiger partial charge in [0.05, 0.1) is 6.16 Å². The van der Waals surface area contributed by atoms with E-state index < -0.39 is 7.26 Å². The molecule has 0 aliphatic heterocycles. The number of hydrogen-bond acceptors (Lipinski definition) is 1. The van der Waals surface area contributed by atoms with Gasteiger partial charge in [0, 0.05) is 0 Å². The molecule has 2 heteroatoms. The summed E-state index contributed by atoms with van der Waals surface area (Å²) >= 11 is 0. The van der Waals surface area contributed by atoms with E-state index in [1.165, 1.54) is 49.1 Å². The molecule has 0 amide bonds. The van der Waals surface area contributed by atoms with Crippen molar-refractivity contribution in [2.24, 2.45) is 0 Å². The minimum Gasteiger partial charge on any atom is -0.504 e. The van der Waals surface area contributed by atoms with E-state index in [0.717, 1.165) is 11.5 Å². The van der Waals surface area contributed by atoms with Crippen molar-refractivity contribution >= 4 is 23.2 Å². The number of unbranched alkanes of at least 4 members (excludes halogenated alkanes) is 5. The van der Waals surface area contributed by atoms with E-state index in [4.69, 9.17) is 0 Å². The molecule has 0 bridgehead atoms. The van der Waals surface area contributed by atoms with Crippen molar-refractivity contribution in [1.82, 2.24) is 0 Å². The minimum atomic E-state index is -1.90. The fourth-order valence-corrected chi connectivity index (χ4v) is 8.57. The van der Waals surface area contributed by atoms with Crippen molar-refractivity contribution in [3.8, 4) is 5.75 Å². The Balaban J connectivity index is 2.04.